The van der Waals surface area contributed by atoms with Crippen LogP contribution in [0.4, 0.5) is 22.7 Å². The maximum absolute atomic E-state index is 5.93. The molecule has 0 fully saturated rings. The summed E-state index contributed by atoms with van der Waals surface area (Å²) >= 11 is 0. The van der Waals surface area contributed by atoms with E-state index in [4.69, 9.17) is 9.47 Å². The maximum atomic E-state index is 5.93. The zero-order valence-corrected chi connectivity index (χ0v) is 19.9. The van der Waals surface area contributed by atoms with Gasteiger partial charge in [0.2, 0.25) is 0 Å². The quantitative estimate of drug-likeness (QED) is 0.297. The lowest BCUT2D eigenvalue weighted by atomic mass is 9.98. The number of anilines is 4. The highest BCUT2D eigenvalue weighted by Crippen LogP contribution is 2.50. The first-order chi connectivity index (χ1) is 17.9. The second kappa shape index (κ2) is 8.65. The molecule has 0 radical (unpaired) electrons. The number of hydrogen-bond acceptors (Lipinski definition) is 4. The molecule has 0 atom stereocenters. The van der Waals surface area contributed by atoms with E-state index in [0.717, 1.165) is 47.1 Å². The van der Waals surface area contributed by atoms with Gasteiger partial charge >= 0.3 is 0 Å². The van der Waals surface area contributed by atoms with E-state index in [1.807, 2.05) is 12.1 Å². The monoisotopic (exact) mass is 470 g/mol. The van der Waals surface area contributed by atoms with Crippen molar-refractivity contribution in [3.63, 3.8) is 0 Å². The van der Waals surface area contributed by atoms with E-state index in [0.29, 0.717) is 13.2 Å². The van der Waals surface area contributed by atoms with E-state index in [2.05, 4.69) is 107 Å². The van der Waals surface area contributed by atoms with Crippen molar-refractivity contribution < 1.29 is 9.47 Å². The van der Waals surface area contributed by atoms with Crippen molar-refractivity contribution in [2.75, 3.05) is 23.0 Å². The Labute approximate surface area is 211 Å². The van der Waals surface area contributed by atoms with Crippen LogP contribution in [-0.2, 0) is 0 Å². The molecule has 36 heavy (non-hydrogen) atoms. The number of fused-ring (bicyclic) bond motifs is 4. The maximum Gasteiger partial charge on any atom is 0.126 e. The minimum Gasteiger partial charge on any atom is -0.493 e. The molecule has 176 valence electrons. The second-order valence-electron chi connectivity index (χ2n) is 9.22. The fourth-order valence-electron chi connectivity index (χ4n) is 5.39. The average molecular weight is 471 g/mol. The van der Waals surface area contributed by atoms with Crippen LogP contribution in [0.3, 0.4) is 0 Å². The Morgan fingerprint density at radius 2 is 0.833 bits per heavy atom. The molecule has 3 aliphatic heterocycles. The first kappa shape index (κ1) is 20.9. The van der Waals surface area contributed by atoms with Gasteiger partial charge in [-0.15, -0.1) is 0 Å². The van der Waals surface area contributed by atoms with Gasteiger partial charge in [-0.25, -0.2) is 0 Å². The molecule has 0 amide bonds. The van der Waals surface area contributed by atoms with Crippen molar-refractivity contribution in [1.82, 2.24) is 0 Å². The van der Waals surface area contributed by atoms with Gasteiger partial charge in [0.05, 0.1) is 36.0 Å². The Morgan fingerprint density at radius 3 is 1.25 bits per heavy atom. The van der Waals surface area contributed by atoms with Crippen LogP contribution in [0.1, 0.15) is 24.0 Å². The highest BCUT2D eigenvalue weighted by molar-refractivity contribution is 5.97. The van der Waals surface area contributed by atoms with Crippen LogP contribution < -0.4 is 19.3 Å². The van der Waals surface area contributed by atoms with Crippen LogP contribution in [0.25, 0.3) is 11.1 Å². The Kier molecular flexibility index (Phi) is 5.02. The van der Waals surface area contributed by atoms with Crippen LogP contribution in [0.5, 0.6) is 11.5 Å². The Bertz CT molecular complexity index is 1360. The molecule has 0 aliphatic carbocycles. The lowest BCUT2D eigenvalue weighted by Crippen LogP contribution is -2.24. The summed E-state index contributed by atoms with van der Waals surface area (Å²) < 4.78 is 11.9. The highest BCUT2D eigenvalue weighted by atomic mass is 16.5. The number of ether oxygens (including phenoxy) is 2. The van der Waals surface area contributed by atoms with Gasteiger partial charge in [-0.2, -0.15) is 0 Å². The van der Waals surface area contributed by atoms with Crippen LogP contribution in [0, 0.1) is 0 Å². The van der Waals surface area contributed by atoms with Crippen molar-refractivity contribution in [3.05, 3.63) is 121 Å². The van der Waals surface area contributed by atoms with E-state index in [9.17, 15) is 0 Å². The molecule has 0 saturated heterocycles. The van der Waals surface area contributed by atoms with Crippen molar-refractivity contribution in [1.29, 1.82) is 0 Å². The molecule has 0 saturated carbocycles. The molecule has 0 bridgehead atoms. The Hall–Kier alpha value is -4.44. The summed E-state index contributed by atoms with van der Waals surface area (Å²) in [4.78, 5) is 4.68. The molecule has 0 N–H and O–H groups in total. The standard InChI is InChI=1S/C32H26N2O2/c1-7-15-31-25(9-1)23(17-19-35-31)21-33-27-11-3-5-13-29(27)34(30-14-6-4-12-28(30)33)22-24-18-20-36-32-16-8-2-10-26(24)32/h1-16,21-22H,17-20H2/b23-21-,24-22+. The van der Waals surface area contributed by atoms with E-state index in [-0.39, 0.29) is 0 Å². The average Bonchev–Trinajstić information content (AvgIpc) is 2.95. The fourth-order valence-corrected chi connectivity index (χ4v) is 5.39. The van der Waals surface area contributed by atoms with Crippen molar-refractivity contribution >= 4 is 33.9 Å². The van der Waals surface area contributed by atoms with E-state index >= 15 is 0 Å². The van der Waals surface area contributed by atoms with Crippen molar-refractivity contribution in [2.45, 2.75) is 12.8 Å². The molecule has 0 aromatic heterocycles. The zero-order chi connectivity index (χ0) is 23.9. The van der Waals surface area contributed by atoms with Gasteiger partial charge in [-0.1, -0.05) is 60.7 Å². The van der Waals surface area contributed by atoms with Crippen molar-refractivity contribution in [2.24, 2.45) is 0 Å². The summed E-state index contributed by atoms with van der Waals surface area (Å²) in [6, 6.07) is 33.9. The smallest absolute Gasteiger partial charge is 0.126 e. The number of benzene rings is 4. The highest BCUT2D eigenvalue weighted by Gasteiger charge is 2.28. The Balaban J connectivity index is 1.39. The molecule has 3 aliphatic rings. The SMILES string of the molecule is C(=C1\CCOc2ccccc21)/N1c2ccccc2N(/C=C2\CCOc3ccccc32)c2ccccc21. The van der Waals surface area contributed by atoms with Gasteiger partial charge in [-0.05, 0) is 47.5 Å². The molecular weight excluding hydrogens is 444 g/mol. The van der Waals surface area contributed by atoms with Gasteiger partial charge in [0.1, 0.15) is 11.5 Å². The fraction of sp³-hybridized carbons (Fsp3) is 0.125. The molecule has 4 aromatic carbocycles. The summed E-state index contributed by atoms with van der Waals surface area (Å²) in [5, 5.41) is 0. The number of hydrogen-bond donors (Lipinski definition) is 0. The minimum absolute atomic E-state index is 0.694. The van der Waals surface area contributed by atoms with E-state index in [1.165, 1.54) is 22.3 Å². The van der Waals surface area contributed by atoms with Crippen molar-refractivity contribution in [3.8, 4) is 11.5 Å². The Morgan fingerprint density at radius 1 is 0.472 bits per heavy atom. The third-order valence-electron chi connectivity index (χ3n) is 7.10. The van der Waals surface area contributed by atoms with Gasteiger partial charge < -0.3 is 19.3 Å². The number of nitrogens with zero attached hydrogens (tertiary/aromatic N) is 2. The second-order valence-corrected chi connectivity index (χ2v) is 9.22. The molecule has 0 unspecified atom stereocenters. The predicted molar refractivity (Wildman–Crippen MR) is 146 cm³/mol. The molecule has 4 aromatic rings. The van der Waals surface area contributed by atoms with Crippen LogP contribution in [0.15, 0.2) is 109 Å². The number of para-hydroxylation sites is 6. The normalized spacial score (nSPS) is 18.0. The molecule has 4 heteroatoms. The third-order valence-corrected chi connectivity index (χ3v) is 7.10. The minimum atomic E-state index is 0.694. The first-order valence-electron chi connectivity index (χ1n) is 12.5. The molecule has 7 rings (SSSR count). The van der Waals surface area contributed by atoms with Crippen LogP contribution >= 0.6 is 0 Å². The van der Waals surface area contributed by atoms with Gasteiger partial charge in [0, 0.05) is 36.4 Å². The van der Waals surface area contributed by atoms with Crippen LogP contribution in [-0.4, -0.2) is 13.2 Å². The summed E-state index contributed by atoms with van der Waals surface area (Å²) in [5.74, 6) is 1.91. The van der Waals surface area contributed by atoms with Gasteiger partial charge in [0.15, 0.2) is 0 Å². The largest absolute Gasteiger partial charge is 0.493 e. The first-order valence-corrected chi connectivity index (χ1v) is 12.5. The van der Waals surface area contributed by atoms with Gasteiger partial charge in [-0.3, -0.25) is 0 Å². The number of rotatable bonds is 2. The molecule has 4 nitrogen and oxygen atoms in total. The third kappa shape index (κ3) is 3.45. The molecule has 3 heterocycles. The lowest BCUT2D eigenvalue weighted by Gasteiger charge is -2.38. The summed E-state index contributed by atoms with van der Waals surface area (Å²) in [6.07, 6.45) is 6.35. The predicted octanol–water partition coefficient (Wildman–Crippen LogP) is 7.92. The topological polar surface area (TPSA) is 24.9 Å². The summed E-state index contributed by atoms with van der Waals surface area (Å²) in [5.41, 5.74) is 9.53. The summed E-state index contributed by atoms with van der Waals surface area (Å²) in [6.45, 7) is 1.39. The zero-order valence-electron chi connectivity index (χ0n) is 19.9. The van der Waals surface area contributed by atoms with Crippen LogP contribution in [0.2, 0.25) is 0 Å². The van der Waals surface area contributed by atoms with E-state index in [1.54, 1.807) is 0 Å². The van der Waals surface area contributed by atoms with E-state index < -0.39 is 0 Å². The molecular formula is C32H26N2O2. The van der Waals surface area contributed by atoms with Gasteiger partial charge in [0.25, 0.3) is 0 Å². The molecule has 0 spiro atoms. The lowest BCUT2D eigenvalue weighted by molar-refractivity contribution is 0.316. The summed E-state index contributed by atoms with van der Waals surface area (Å²) in [7, 11) is 0.